The maximum absolute atomic E-state index is 10.2. The van der Waals surface area contributed by atoms with Crippen LogP contribution in [0, 0.1) is 0 Å². The van der Waals surface area contributed by atoms with Crippen LogP contribution in [0.3, 0.4) is 0 Å². The lowest BCUT2D eigenvalue weighted by Gasteiger charge is -2.22. The molecule has 1 atom stereocenters. The van der Waals surface area contributed by atoms with Crippen LogP contribution in [0.25, 0.3) is 11.0 Å². The summed E-state index contributed by atoms with van der Waals surface area (Å²) in [6, 6.07) is 5.39. The molecule has 0 radical (unpaired) electrons. The topological polar surface area (TPSA) is 77.0 Å². The smallest absolute Gasteiger partial charge is 0.160 e. The largest absolute Gasteiger partial charge is 0.398 e. The van der Waals surface area contributed by atoms with Crippen molar-refractivity contribution in [2.45, 2.75) is 31.9 Å². The SMILES string of the molecule is Nc1c2c(nc3c1cnn3Cc1ccc(Cl)cc1Cl)CCCC2O. The second-order valence-electron chi connectivity index (χ2n) is 6.07. The van der Waals surface area contributed by atoms with Gasteiger partial charge in [-0.1, -0.05) is 29.3 Å². The van der Waals surface area contributed by atoms with Crippen molar-refractivity contribution in [1.29, 1.82) is 0 Å². The third-order valence-electron chi connectivity index (χ3n) is 4.50. The summed E-state index contributed by atoms with van der Waals surface area (Å²) >= 11 is 12.2. The van der Waals surface area contributed by atoms with Gasteiger partial charge in [-0.25, -0.2) is 9.67 Å². The summed E-state index contributed by atoms with van der Waals surface area (Å²) in [5.41, 5.74) is 10.1. The normalized spacial score (nSPS) is 17.2. The molecule has 4 rings (SSSR count). The zero-order valence-electron chi connectivity index (χ0n) is 12.8. The number of nitrogens with zero attached hydrogens (tertiary/aromatic N) is 3. The first-order valence-corrected chi connectivity index (χ1v) is 8.56. The number of rotatable bonds is 2. The van der Waals surface area contributed by atoms with Gasteiger partial charge < -0.3 is 10.8 Å². The Bertz CT molecular complexity index is 938. The van der Waals surface area contributed by atoms with E-state index < -0.39 is 6.10 Å². The monoisotopic (exact) mass is 362 g/mol. The standard InChI is InChI=1S/C17H16Cl2N4O/c18-10-5-4-9(12(19)6-10)8-23-17-11(7-21-23)16(20)15-13(22-17)2-1-3-14(15)24/h4-7,14,24H,1-3,8H2,(H2,20,22). The molecule has 24 heavy (non-hydrogen) atoms. The van der Waals surface area contributed by atoms with Gasteiger partial charge in [0, 0.05) is 15.6 Å². The summed E-state index contributed by atoms with van der Waals surface area (Å²) in [6.45, 7) is 0.479. The Hall–Kier alpha value is -1.82. The second kappa shape index (κ2) is 5.92. The Morgan fingerprint density at radius 2 is 2.17 bits per heavy atom. The number of aliphatic hydroxyl groups is 1. The number of aliphatic hydroxyl groups excluding tert-OH is 1. The van der Waals surface area contributed by atoms with E-state index in [2.05, 4.69) is 5.10 Å². The van der Waals surface area contributed by atoms with Crippen molar-refractivity contribution in [3.63, 3.8) is 0 Å². The van der Waals surface area contributed by atoms with Crippen molar-refractivity contribution in [2.75, 3.05) is 5.73 Å². The van der Waals surface area contributed by atoms with Crippen molar-refractivity contribution < 1.29 is 5.11 Å². The summed E-state index contributed by atoms with van der Waals surface area (Å²) < 4.78 is 1.78. The van der Waals surface area contributed by atoms with Gasteiger partial charge in [-0.05, 0) is 37.0 Å². The maximum Gasteiger partial charge on any atom is 0.160 e. The molecule has 0 fully saturated rings. The molecule has 2 heterocycles. The molecule has 7 heteroatoms. The zero-order valence-corrected chi connectivity index (χ0v) is 14.3. The lowest BCUT2D eigenvalue weighted by atomic mass is 9.91. The molecule has 0 spiro atoms. The van der Waals surface area contributed by atoms with E-state index in [9.17, 15) is 5.11 Å². The van der Waals surface area contributed by atoms with Crippen LogP contribution >= 0.6 is 23.2 Å². The Labute approximate surface area is 149 Å². The summed E-state index contributed by atoms with van der Waals surface area (Å²) in [5, 5.41) is 16.6. The summed E-state index contributed by atoms with van der Waals surface area (Å²) in [7, 11) is 0. The number of pyridine rings is 1. The van der Waals surface area contributed by atoms with Crippen LogP contribution < -0.4 is 5.73 Å². The first kappa shape index (κ1) is 15.7. The van der Waals surface area contributed by atoms with E-state index in [-0.39, 0.29) is 0 Å². The zero-order chi connectivity index (χ0) is 16.8. The molecule has 3 N–H and O–H groups in total. The third kappa shape index (κ3) is 2.53. The molecule has 1 unspecified atom stereocenters. The minimum absolute atomic E-state index is 0.479. The van der Waals surface area contributed by atoms with Gasteiger partial charge in [0.2, 0.25) is 0 Å². The second-order valence-corrected chi connectivity index (χ2v) is 6.91. The van der Waals surface area contributed by atoms with Gasteiger partial charge in [-0.15, -0.1) is 0 Å². The number of hydrogen-bond donors (Lipinski definition) is 2. The van der Waals surface area contributed by atoms with Gasteiger partial charge in [-0.2, -0.15) is 5.10 Å². The number of benzene rings is 1. The van der Waals surface area contributed by atoms with Gasteiger partial charge in [-0.3, -0.25) is 0 Å². The fraction of sp³-hybridized carbons (Fsp3) is 0.294. The highest BCUT2D eigenvalue weighted by atomic mass is 35.5. The Morgan fingerprint density at radius 1 is 1.33 bits per heavy atom. The van der Waals surface area contributed by atoms with Crippen LogP contribution in [0.1, 0.15) is 35.8 Å². The lowest BCUT2D eigenvalue weighted by Crippen LogP contribution is -2.15. The molecule has 0 saturated heterocycles. The molecule has 5 nitrogen and oxygen atoms in total. The van der Waals surface area contributed by atoms with E-state index in [1.807, 2.05) is 6.07 Å². The number of aryl methyl sites for hydroxylation is 1. The Kier molecular flexibility index (Phi) is 3.87. The highest BCUT2D eigenvalue weighted by Crippen LogP contribution is 2.36. The van der Waals surface area contributed by atoms with Crippen LogP contribution in [0.5, 0.6) is 0 Å². The van der Waals surface area contributed by atoms with Crippen molar-refractivity contribution in [3.05, 3.63) is 51.3 Å². The molecule has 2 aromatic heterocycles. The van der Waals surface area contributed by atoms with E-state index in [1.54, 1.807) is 23.0 Å². The van der Waals surface area contributed by atoms with Gasteiger partial charge in [0.05, 0.1) is 35.6 Å². The summed E-state index contributed by atoms with van der Waals surface area (Å²) in [5.74, 6) is 0. The third-order valence-corrected chi connectivity index (χ3v) is 5.09. The number of hydrogen-bond acceptors (Lipinski definition) is 4. The molecule has 3 aromatic rings. The van der Waals surface area contributed by atoms with Crippen molar-refractivity contribution >= 4 is 39.9 Å². The fourth-order valence-electron chi connectivity index (χ4n) is 3.27. The number of halogens is 2. The van der Waals surface area contributed by atoms with Crippen molar-refractivity contribution in [1.82, 2.24) is 14.8 Å². The molecule has 124 valence electrons. The predicted octanol–water partition coefficient (Wildman–Crippen LogP) is 3.74. The van der Waals surface area contributed by atoms with Crippen LogP contribution in [-0.2, 0) is 13.0 Å². The predicted molar refractivity (Wildman–Crippen MR) is 95.4 cm³/mol. The molecular formula is C17H16Cl2N4O. The molecule has 1 aliphatic rings. The maximum atomic E-state index is 10.2. The fourth-order valence-corrected chi connectivity index (χ4v) is 3.74. The molecule has 0 aliphatic heterocycles. The van der Waals surface area contributed by atoms with E-state index in [4.69, 9.17) is 33.9 Å². The van der Waals surface area contributed by atoms with Gasteiger partial charge in [0.25, 0.3) is 0 Å². The van der Waals surface area contributed by atoms with E-state index >= 15 is 0 Å². The average molecular weight is 363 g/mol. The number of fused-ring (bicyclic) bond motifs is 2. The molecule has 0 bridgehead atoms. The number of aromatic nitrogens is 3. The number of anilines is 1. The summed E-state index contributed by atoms with van der Waals surface area (Å²) in [4.78, 5) is 4.72. The van der Waals surface area contributed by atoms with Crippen LogP contribution in [0.2, 0.25) is 10.0 Å². The molecule has 0 saturated carbocycles. The lowest BCUT2D eigenvalue weighted by molar-refractivity contribution is 0.156. The average Bonchev–Trinajstić information content (AvgIpc) is 2.93. The van der Waals surface area contributed by atoms with Crippen LogP contribution in [0.4, 0.5) is 5.69 Å². The van der Waals surface area contributed by atoms with Gasteiger partial charge in [0.1, 0.15) is 0 Å². The Balaban J connectivity index is 1.81. The van der Waals surface area contributed by atoms with Crippen LogP contribution in [0.15, 0.2) is 24.4 Å². The van der Waals surface area contributed by atoms with E-state index in [0.29, 0.717) is 27.9 Å². The van der Waals surface area contributed by atoms with Crippen LogP contribution in [-0.4, -0.2) is 19.9 Å². The van der Waals surface area contributed by atoms with Gasteiger partial charge in [0.15, 0.2) is 5.65 Å². The molecule has 0 amide bonds. The summed E-state index contributed by atoms with van der Waals surface area (Å²) in [6.07, 6.45) is 3.60. The minimum Gasteiger partial charge on any atom is -0.398 e. The first-order valence-electron chi connectivity index (χ1n) is 7.80. The molecular weight excluding hydrogens is 347 g/mol. The highest BCUT2D eigenvalue weighted by molar-refractivity contribution is 6.35. The molecule has 1 aliphatic carbocycles. The quantitative estimate of drug-likeness (QED) is 0.727. The van der Waals surface area contributed by atoms with Gasteiger partial charge >= 0.3 is 0 Å². The van der Waals surface area contributed by atoms with E-state index in [1.165, 1.54) is 0 Å². The first-order chi connectivity index (χ1) is 11.5. The van der Waals surface area contributed by atoms with Crippen molar-refractivity contribution in [2.24, 2.45) is 0 Å². The number of nitrogens with two attached hydrogens (primary N) is 1. The van der Waals surface area contributed by atoms with Crippen molar-refractivity contribution in [3.8, 4) is 0 Å². The number of nitrogen functional groups attached to an aromatic ring is 1. The molecule has 1 aromatic carbocycles. The minimum atomic E-state index is -0.542. The highest BCUT2D eigenvalue weighted by Gasteiger charge is 2.25. The Morgan fingerprint density at radius 3 is 2.96 bits per heavy atom. The van der Waals surface area contributed by atoms with E-state index in [0.717, 1.165) is 41.5 Å².